The molecule has 1 atom stereocenters. The van der Waals surface area contributed by atoms with Crippen LogP contribution in [0.1, 0.15) is 60.4 Å². The van der Waals surface area contributed by atoms with Crippen LogP contribution in [0, 0.1) is 5.82 Å². The number of carbonyl (C=O) groups is 1. The first-order valence-electron chi connectivity index (χ1n) is 12.1. The first kappa shape index (κ1) is 26.2. The topological polar surface area (TPSA) is 40.5 Å². The van der Waals surface area contributed by atoms with Crippen molar-refractivity contribution >= 4 is 25.2 Å². The SMILES string of the molecule is CC[C@@H](CC(=O)Oc1c(-c2ccc(F)cc2)c2ccccc2n1C(C)C)O[Si](C)(C)C(C)(C)C. The summed E-state index contributed by atoms with van der Waals surface area (Å²) >= 11 is 0. The lowest BCUT2D eigenvalue weighted by atomic mass is 10.0. The molecule has 3 aromatic rings. The standard InChI is InChI=1S/C28H38FNO3Si/c1-9-22(33-34(7,8)28(4,5)6)18-25(31)32-27-26(20-14-16-21(29)17-15-20)23-12-10-11-13-24(23)30(27)19(2)3/h10-17,19,22H,9,18H2,1-8H3/t22-/m0/s1. The van der Waals surface area contributed by atoms with E-state index in [1.807, 2.05) is 35.8 Å². The number of hydrogen-bond donors (Lipinski definition) is 0. The Balaban J connectivity index is 2.00. The number of rotatable bonds is 8. The van der Waals surface area contributed by atoms with E-state index in [1.165, 1.54) is 12.1 Å². The molecular formula is C28H38FNO3Si. The highest BCUT2D eigenvalue weighted by atomic mass is 28.4. The van der Waals surface area contributed by atoms with Gasteiger partial charge in [-0.25, -0.2) is 4.39 Å². The predicted octanol–water partition coefficient (Wildman–Crippen LogP) is 8.12. The number of halogens is 1. The fraction of sp³-hybridized carbons (Fsp3) is 0.464. The number of fused-ring (bicyclic) bond motifs is 1. The maximum absolute atomic E-state index is 13.7. The van der Waals surface area contributed by atoms with Gasteiger partial charge in [-0.1, -0.05) is 58.0 Å². The minimum atomic E-state index is -2.02. The quantitative estimate of drug-likeness (QED) is 0.240. The summed E-state index contributed by atoms with van der Waals surface area (Å²) in [7, 11) is -2.02. The Morgan fingerprint density at radius 2 is 1.68 bits per heavy atom. The molecule has 0 saturated heterocycles. The van der Waals surface area contributed by atoms with Crippen LogP contribution in [0.3, 0.4) is 0 Å². The molecule has 1 aromatic heterocycles. The molecule has 0 N–H and O–H groups in total. The average molecular weight is 484 g/mol. The molecule has 0 radical (unpaired) electrons. The van der Waals surface area contributed by atoms with E-state index in [0.717, 1.165) is 28.5 Å². The van der Waals surface area contributed by atoms with Crippen molar-refractivity contribution in [1.82, 2.24) is 4.57 Å². The molecule has 6 heteroatoms. The second-order valence-corrected chi connectivity index (χ2v) is 15.5. The maximum atomic E-state index is 13.7. The van der Waals surface area contributed by atoms with Crippen molar-refractivity contribution in [2.45, 2.75) is 84.7 Å². The van der Waals surface area contributed by atoms with Gasteiger partial charge in [0.2, 0.25) is 5.88 Å². The molecule has 184 valence electrons. The zero-order valence-electron chi connectivity index (χ0n) is 21.7. The summed E-state index contributed by atoms with van der Waals surface area (Å²) in [4.78, 5) is 13.2. The third-order valence-electron chi connectivity index (χ3n) is 6.84. The molecule has 1 heterocycles. The normalized spacial score (nSPS) is 13.5. The molecule has 2 aromatic carbocycles. The summed E-state index contributed by atoms with van der Waals surface area (Å²) in [6, 6.07) is 14.4. The van der Waals surface area contributed by atoms with E-state index in [-0.39, 0.29) is 35.4 Å². The molecule has 4 nitrogen and oxygen atoms in total. The largest absolute Gasteiger partial charge is 0.413 e. The van der Waals surface area contributed by atoms with Gasteiger partial charge in [-0.3, -0.25) is 4.79 Å². The third kappa shape index (κ3) is 5.44. The number of nitrogens with zero attached hydrogens (tertiary/aromatic N) is 1. The minimum absolute atomic E-state index is 0.0597. The number of esters is 1. The van der Waals surface area contributed by atoms with Gasteiger partial charge >= 0.3 is 5.97 Å². The average Bonchev–Trinajstić information content (AvgIpc) is 3.06. The molecule has 0 aliphatic carbocycles. The highest BCUT2D eigenvalue weighted by Gasteiger charge is 2.39. The van der Waals surface area contributed by atoms with Crippen LogP contribution in [0.25, 0.3) is 22.0 Å². The number of hydrogen-bond acceptors (Lipinski definition) is 3. The van der Waals surface area contributed by atoms with Crippen LogP contribution >= 0.6 is 0 Å². The van der Waals surface area contributed by atoms with Gasteiger partial charge in [0.1, 0.15) is 5.82 Å². The number of carbonyl (C=O) groups excluding carboxylic acids is 1. The van der Waals surface area contributed by atoms with Gasteiger partial charge in [0, 0.05) is 11.4 Å². The number of para-hydroxylation sites is 1. The molecule has 0 aliphatic heterocycles. The summed E-state index contributed by atoms with van der Waals surface area (Å²) in [6.45, 7) is 17.1. The Labute approximate surface area is 204 Å². The molecule has 34 heavy (non-hydrogen) atoms. The van der Waals surface area contributed by atoms with Crippen LogP contribution in [0.15, 0.2) is 48.5 Å². The van der Waals surface area contributed by atoms with E-state index in [4.69, 9.17) is 9.16 Å². The highest BCUT2D eigenvalue weighted by Crippen LogP contribution is 2.43. The van der Waals surface area contributed by atoms with Crippen molar-refractivity contribution in [2.75, 3.05) is 0 Å². The van der Waals surface area contributed by atoms with Crippen molar-refractivity contribution in [3.05, 3.63) is 54.3 Å². The van der Waals surface area contributed by atoms with Crippen LogP contribution in [0.2, 0.25) is 18.1 Å². The van der Waals surface area contributed by atoms with Gasteiger partial charge in [0.25, 0.3) is 0 Å². The van der Waals surface area contributed by atoms with E-state index < -0.39 is 8.32 Å². The van der Waals surface area contributed by atoms with E-state index in [0.29, 0.717) is 5.88 Å². The van der Waals surface area contributed by atoms with E-state index >= 15 is 0 Å². The summed E-state index contributed by atoms with van der Waals surface area (Å²) in [6.07, 6.45) is 0.727. The molecule has 0 saturated carbocycles. The molecular weight excluding hydrogens is 445 g/mol. The zero-order chi connectivity index (χ0) is 25.3. The van der Waals surface area contributed by atoms with E-state index in [9.17, 15) is 9.18 Å². The Bertz CT molecular complexity index is 1140. The van der Waals surface area contributed by atoms with Crippen LogP contribution < -0.4 is 4.74 Å². The Morgan fingerprint density at radius 3 is 2.24 bits per heavy atom. The Morgan fingerprint density at radius 1 is 1.06 bits per heavy atom. The maximum Gasteiger partial charge on any atom is 0.315 e. The summed E-state index contributed by atoms with van der Waals surface area (Å²) in [5, 5.41) is 1.03. The summed E-state index contributed by atoms with van der Waals surface area (Å²) < 4.78 is 28.3. The van der Waals surface area contributed by atoms with Crippen molar-refractivity contribution in [3.8, 4) is 17.0 Å². The zero-order valence-corrected chi connectivity index (χ0v) is 22.7. The van der Waals surface area contributed by atoms with Crippen molar-refractivity contribution < 1.29 is 18.3 Å². The lowest BCUT2D eigenvalue weighted by molar-refractivity contribution is -0.136. The third-order valence-corrected chi connectivity index (χ3v) is 11.4. The fourth-order valence-electron chi connectivity index (χ4n) is 3.95. The molecule has 0 fully saturated rings. The Hall–Kier alpha value is -2.44. The smallest absolute Gasteiger partial charge is 0.315 e. The molecule has 0 aliphatic rings. The molecule has 0 amide bonds. The van der Waals surface area contributed by atoms with Crippen molar-refractivity contribution in [3.63, 3.8) is 0 Å². The van der Waals surface area contributed by atoms with Crippen molar-refractivity contribution in [2.24, 2.45) is 0 Å². The molecule has 0 unspecified atom stereocenters. The number of aromatic nitrogens is 1. The van der Waals surface area contributed by atoms with Crippen LogP contribution in [-0.2, 0) is 9.22 Å². The monoisotopic (exact) mass is 483 g/mol. The van der Waals surface area contributed by atoms with Gasteiger partial charge < -0.3 is 13.7 Å². The fourth-order valence-corrected chi connectivity index (χ4v) is 5.38. The summed E-state index contributed by atoms with van der Waals surface area (Å²) in [5.74, 6) is -0.128. The second-order valence-electron chi connectivity index (χ2n) is 10.8. The Kier molecular flexibility index (Phi) is 7.73. The van der Waals surface area contributed by atoms with E-state index in [1.54, 1.807) is 12.1 Å². The van der Waals surface area contributed by atoms with Gasteiger partial charge in [-0.15, -0.1) is 0 Å². The minimum Gasteiger partial charge on any atom is -0.413 e. The number of ether oxygens (including phenoxy) is 1. The van der Waals surface area contributed by atoms with Crippen LogP contribution in [-0.4, -0.2) is 25.0 Å². The molecule has 3 rings (SSSR count). The lowest BCUT2D eigenvalue weighted by Crippen LogP contribution is -2.44. The van der Waals surface area contributed by atoms with Crippen molar-refractivity contribution in [1.29, 1.82) is 0 Å². The van der Waals surface area contributed by atoms with Gasteiger partial charge in [-0.05, 0) is 62.2 Å². The number of benzene rings is 2. The predicted molar refractivity (Wildman–Crippen MR) is 140 cm³/mol. The van der Waals surface area contributed by atoms with Gasteiger partial charge in [0.15, 0.2) is 8.32 Å². The summed E-state index contributed by atoms with van der Waals surface area (Å²) in [5.41, 5.74) is 2.59. The van der Waals surface area contributed by atoms with Crippen LogP contribution in [0.5, 0.6) is 5.88 Å². The first-order valence-corrected chi connectivity index (χ1v) is 15.0. The van der Waals surface area contributed by atoms with E-state index in [2.05, 4.69) is 47.7 Å². The van der Waals surface area contributed by atoms with Crippen LogP contribution in [0.4, 0.5) is 4.39 Å². The van der Waals surface area contributed by atoms with Gasteiger partial charge in [-0.2, -0.15) is 0 Å². The first-order chi connectivity index (χ1) is 15.9. The highest BCUT2D eigenvalue weighted by molar-refractivity contribution is 6.74. The van der Waals surface area contributed by atoms with Gasteiger partial charge in [0.05, 0.1) is 23.6 Å². The molecule has 0 spiro atoms. The second kappa shape index (κ2) is 10.0. The lowest BCUT2D eigenvalue weighted by Gasteiger charge is -2.39. The molecule has 0 bridgehead atoms.